The molecule has 1 aliphatic rings. The number of carbonyl (C=O) groups excluding carboxylic acids is 2. The Labute approximate surface area is 151 Å². The van der Waals surface area contributed by atoms with Crippen molar-refractivity contribution >= 4 is 23.1 Å². The van der Waals surface area contributed by atoms with E-state index < -0.39 is 5.92 Å². The highest BCUT2D eigenvalue weighted by atomic mass is 16.2. The van der Waals surface area contributed by atoms with Crippen molar-refractivity contribution in [1.29, 1.82) is 5.26 Å². The molecular weight excluding hydrogens is 330 g/mol. The van der Waals surface area contributed by atoms with E-state index in [1.165, 1.54) is 0 Å². The fourth-order valence-electron chi connectivity index (χ4n) is 3.04. The van der Waals surface area contributed by atoms with Gasteiger partial charge in [-0.3, -0.25) is 9.59 Å². The number of nitrogens with one attached hydrogen (secondary N) is 1. The number of nitriles is 1. The van der Waals surface area contributed by atoms with E-state index in [4.69, 9.17) is 0 Å². The van der Waals surface area contributed by atoms with Crippen LogP contribution in [0.1, 0.15) is 40.4 Å². The number of hydrogen-bond donors (Lipinski definition) is 1. The van der Waals surface area contributed by atoms with Crippen LogP contribution in [0.25, 0.3) is 0 Å². The number of benzene rings is 1. The highest BCUT2D eigenvalue weighted by Gasteiger charge is 2.29. The van der Waals surface area contributed by atoms with Gasteiger partial charge in [0.15, 0.2) is 11.7 Å². The summed E-state index contributed by atoms with van der Waals surface area (Å²) < 4.78 is 0. The maximum Gasteiger partial charge on any atom is 0.246 e. The normalized spacial score (nSPS) is 17.1. The molecule has 0 spiro atoms. The number of nitrogens with zero attached hydrogens (tertiary/aromatic N) is 4. The first-order valence-electron chi connectivity index (χ1n) is 8.25. The zero-order valence-electron chi connectivity index (χ0n) is 15.1. The second-order valence-corrected chi connectivity index (χ2v) is 6.42. The van der Waals surface area contributed by atoms with Crippen LogP contribution in [0.15, 0.2) is 24.3 Å². The molecule has 1 aromatic carbocycles. The van der Waals surface area contributed by atoms with Crippen LogP contribution in [0.5, 0.6) is 0 Å². The molecule has 2 heterocycles. The number of rotatable bonds is 3. The highest BCUT2D eigenvalue weighted by molar-refractivity contribution is 6.07. The smallest absolute Gasteiger partial charge is 0.246 e. The van der Waals surface area contributed by atoms with Gasteiger partial charge in [0.2, 0.25) is 5.91 Å². The number of fused-ring (bicyclic) bond motifs is 1. The standard InChI is InChI=1S/C19H19N5O2/c1-10-7-15(22-12(3)21-10)14(9-20)18(25)13-5-6-17-16(8-13)23-19(26)11(2)24(17)4/h5-8,11,14H,1-4H3,(H,23,26). The molecule has 2 atom stereocenters. The lowest BCUT2D eigenvalue weighted by Crippen LogP contribution is -2.43. The highest BCUT2D eigenvalue weighted by Crippen LogP contribution is 2.33. The van der Waals surface area contributed by atoms with Crippen molar-refractivity contribution in [3.05, 3.63) is 47.0 Å². The number of anilines is 2. The maximum absolute atomic E-state index is 12.9. The van der Waals surface area contributed by atoms with Crippen molar-refractivity contribution < 1.29 is 9.59 Å². The number of aromatic nitrogens is 2. The molecular formula is C19H19N5O2. The lowest BCUT2D eigenvalue weighted by Gasteiger charge is -2.33. The lowest BCUT2D eigenvalue weighted by atomic mass is 9.94. The van der Waals surface area contributed by atoms with Gasteiger partial charge in [0.05, 0.1) is 23.1 Å². The molecule has 1 aliphatic heterocycles. The Morgan fingerprint density at radius 2 is 2.04 bits per heavy atom. The molecule has 0 bridgehead atoms. The first-order valence-corrected chi connectivity index (χ1v) is 8.25. The molecule has 0 fully saturated rings. The van der Waals surface area contributed by atoms with E-state index >= 15 is 0 Å². The van der Waals surface area contributed by atoms with Gasteiger partial charge in [0, 0.05) is 18.3 Å². The number of aryl methyl sites for hydroxylation is 2. The van der Waals surface area contributed by atoms with Gasteiger partial charge in [-0.1, -0.05) is 0 Å². The third-order valence-electron chi connectivity index (χ3n) is 4.55. The van der Waals surface area contributed by atoms with Crippen LogP contribution in [-0.4, -0.2) is 34.7 Å². The Morgan fingerprint density at radius 3 is 2.69 bits per heavy atom. The minimum Gasteiger partial charge on any atom is -0.361 e. The van der Waals surface area contributed by atoms with Crippen LogP contribution in [0.4, 0.5) is 11.4 Å². The molecule has 7 nitrogen and oxygen atoms in total. The quantitative estimate of drug-likeness (QED) is 0.854. The number of Topliss-reactive ketones (excluding diaryl/α,β-unsaturated/α-hetero) is 1. The van der Waals surface area contributed by atoms with Gasteiger partial charge in [0.1, 0.15) is 11.9 Å². The Balaban J connectivity index is 1.98. The van der Waals surface area contributed by atoms with E-state index in [-0.39, 0.29) is 17.7 Å². The summed E-state index contributed by atoms with van der Waals surface area (Å²) in [6.07, 6.45) is 0. The number of likely N-dealkylation sites (N-methyl/N-ethyl adjacent to an activating group) is 1. The van der Waals surface area contributed by atoms with Crippen molar-refractivity contribution in [3.8, 4) is 6.07 Å². The van der Waals surface area contributed by atoms with Crippen molar-refractivity contribution in [2.75, 3.05) is 17.3 Å². The second-order valence-electron chi connectivity index (χ2n) is 6.42. The molecule has 0 radical (unpaired) electrons. The van der Waals surface area contributed by atoms with Crippen LogP contribution in [0.2, 0.25) is 0 Å². The van der Waals surface area contributed by atoms with Gasteiger partial charge in [0.25, 0.3) is 0 Å². The van der Waals surface area contributed by atoms with E-state index in [1.54, 1.807) is 38.1 Å². The van der Waals surface area contributed by atoms with Crippen LogP contribution in [0, 0.1) is 25.2 Å². The molecule has 0 aliphatic carbocycles. The Bertz CT molecular complexity index is 927. The van der Waals surface area contributed by atoms with E-state index in [1.807, 2.05) is 24.9 Å². The summed E-state index contributed by atoms with van der Waals surface area (Å²) >= 11 is 0. The van der Waals surface area contributed by atoms with Gasteiger partial charge < -0.3 is 10.2 Å². The van der Waals surface area contributed by atoms with Gasteiger partial charge in [-0.25, -0.2) is 9.97 Å². The third-order valence-corrected chi connectivity index (χ3v) is 4.55. The summed E-state index contributed by atoms with van der Waals surface area (Å²) in [5.41, 5.74) is 2.83. The maximum atomic E-state index is 12.9. The Hall–Kier alpha value is -3.27. The topological polar surface area (TPSA) is 99.0 Å². The molecule has 0 saturated heterocycles. The average Bonchev–Trinajstić information content (AvgIpc) is 2.59. The van der Waals surface area contributed by atoms with Gasteiger partial charge >= 0.3 is 0 Å². The van der Waals surface area contributed by atoms with Crippen molar-refractivity contribution in [2.45, 2.75) is 32.7 Å². The van der Waals surface area contributed by atoms with E-state index in [2.05, 4.69) is 15.3 Å². The predicted octanol–water partition coefficient (Wildman–Crippen LogP) is 2.36. The molecule has 132 valence electrons. The largest absolute Gasteiger partial charge is 0.361 e. The first kappa shape index (κ1) is 17.5. The van der Waals surface area contributed by atoms with Crippen LogP contribution < -0.4 is 10.2 Å². The molecule has 2 aromatic rings. The number of carbonyl (C=O) groups is 2. The zero-order valence-corrected chi connectivity index (χ0v) is 15.1. The van der Waals surface area contributed by atoms with Gasteiger partial charge in [-0.2, -0.15) is 5.26 Å². The fourth-order valence-corrected chi connectivity index (χ4v) is 3.04. The molecule has 26 heavy (non-hydrogen) atoms. The first-order chi connectivity index (χ1) is 12.3. The van der Waals surface area contributed by atoms with Gasteiger partial charge in [-0.15, -0.1) is 0 Å². The Morgan fingerprint density at radius 1 is 1.31 bits per heavy atom. The monoisotopic (exact) mass is 349 g/mol. The Kier molecular flexibility index (Phi) is 4.43. The number of ketones is 1. The predicted molar refractivity (Wildman–Crippen MR) is 97.1 cm³/mol. The summed E-state index contributed by atoms with van der Waals surface area (Å²) in [5, 5.41) is 12.3. The van der Waals surface area contributed by atoms with E-state index in [0.717, 1.165) is 5.69 Å². The van der Waals surface area contributed by atoms with E-state index in [0.29, 0.717) is 28.5 Å². The molecule has 7 heteroatoms. The molecule has 1 N–H and O–H groups in total. The zero-order chi connectivity index (χ0) is 19.0. The SMILES string of the molecule is Cc1cc(C(C#N)C(=O)c2ccc3c(c2)NC(=O)C(C)N3C)nc(C)n1. The second kappa shape index (κ2) is 6.56. The lowest BCUT2D eigenvalue weighted by molar-refractivity contribution is -0.117. The molecule has 0 saturated carbocycles. The molecule has 2 unspecified atom stereocenters. The minimum atomic E-state index is -1.02. The molecule has 1 amide bonds. The summed E-state index contributed by atoms with van der Waals surface area (Å²) in [6.45, 7) is 5.33. The fraction of sp³-hybridized carbons (Fsp3) is 0.316. The van der Waals surface area contributed by atoms with Crippen LogP contribution in [-0.2, 0) is 4.79 Å². The van der Waals surface area contributed by atoms with Crippen LogP contribution in [0.3, 0.4) is 0 Å². The number of hydrogen-bond acceptors (Lipinski definition) is 6. The minimum absolute atomic E-state index is 0.136. The number of amides is 1. The third kappa shape index (κ3) is 3.02. The molecule has 1 aromatic heterocycles. The molecule has 3 rings (SSSR count). The van der Waals surface area contributed by atoms with Gasteiger partial charge in [-0.05, 0) is 45.0 Å². The van der Waals surface area contributed by atoms with Crippen molar-refractivity contribution in [2.24, 2.45) is 0 Å². The summed E-state index contributed by atoms with van der Waals surface area (Å²) in [6, 6.07) is 8.47. The summed E-state index contributed by atoms with van der Waals surface area (Å²) in [7, 11) is 1.83. The average molecular weight is 349 g/mol. The van der Waals surface area contributed by atoms with E-state index in [9.17, 15) is 14.9 Å². The summed E-state index contributed by atoms with van der Waals surface area (Å²) in [4.78, 5) is 35.2. The van der Waals surface area contributed by atoms with Crippen LogP contribution >= 0.6 is 0 Å². The van der Waals surface area contributed by atoms with Crippen molar-refractivity contribution in [3.63, 3.8) is 0 Å². The van der Waals surface area contributed by atoms with Crippen molar-refractivity contribution in [1.82, 2.24) is 9.97 Å². The summed E-state index contributed by atoms with van der Waals surface area (Å²) in [5.74, 6) is -1.00.